The van der Waals surface area contributed by atoms with E-state index in [1.54, 1.807) is 0 Å². The highest BCUT2D eigenvalue weighted by atomic mass is 14.6. The Morgan fingerprint density at radius 3 is 2.28 bits per heavy atom. The van der Waals surface area contributed by atoms with Crippen molar-refractivity contribution in [3.63, 3.8) is 0 Å². The largest absolute Gasteiger partial charge is 0.192 e. The van der Waals surface area contributed by atoms with Gasteiger partial charge in [-0.3, -0.25) is 0 Å². The lowest BCUT2D eigenvalue weighted by molar-refractivity contribution is 0.508. The zero-order valence-electron chi connectivity index (χ0n) is 14.8. The molecule has 1 fully saturated rings. The number of allylic oxidation sites excluding steroid dienone is 1. The molecular formula is C23H20N2. The molecule has 0 radical (unpaired) electrons. The predicted octanol–water partition coefficient (Wildman–Crippen LogP) is 5.14. The van der Waals surface area contributed by atoms with Crippen LogP contribution in [-0.4, -0.2) is 0 Å². The third-order valence-corrected chi connectivity index (χ3v) is 6.36. The SMILES string of the molecule is Cc1c(C)c(C#N)c2c(c1C#N)C=C[C@@H](C)C21CC1c1ccccc1. The Morgan fingerprint density at radius 1 is 1.00 bits per heavy atom. The minimum atomic E-state index is -0.0550. The molecule has 4 rings (SSSR count). The van der Waals surface area contributed by atoms with Crippen molar-refractivity contribution in [2.45, 2.75) is 38.5 Å². The number of hydrogen-bond donors (Lipinski definition) is 0. The summed E-state index contributed by atoms with van der Waals surface area (Å²) in [6.45, 7) is 6.17. The maximum atomic E-state index is 9.91. The second-order valence-electron chi connectivity index (χ2n) is 7.37. The Morgan fingerprint density at radius 2 is 1.64 bits per heavy atom. The second-order valence-corrected chi connectivity index (χ2v) is 7.37. The standard InChI is InChI=1S/C23H20N2/c1-14-9-10-18-19(12-24)15(2)16(3)20(13-25)22(18)23(14)11-21(23)17-7-5-4-6-8-17/h4-10,14,21H,11H2,1-3H3/t14-,21?,23?/m1/s1. The smallest absolute Gasteiger partial charge is 0.100 e. The molecule has 2 aliphatic carbocycles. The maximum Gasteiger partial charge on any atom is 0.100 e. The Hall–Kier alpha value is -2.84. The van der Waals surface area contributed by atoms with Crippen LogP contribution in [-0.2, 0) is 5.41 Å². The highest BCUT2D eigenvalue weighted by molar-refractivity contribution is 5.76. The fourth-order valence-corrected chi connectivity index (χ4v) is 4.76. The van der Waals surface area contributed by atoms with Gasteiger partial charge in [0.15, 0.2) is 0 Å². The molecular weight excluding hydrogens is 304 g/mol. The number of nitrogens with zero attached hydrogens (tertiary/aromatic N) is 2. The first-order valence-electron chi connectivity index (χ1n) is 8.77. The summed E-state index contributed by atoms with van der Waals surface area (Å²) in [6, 6.07) is 15.4. The highest BCUT2D eigenvalue weighted by Crippen LogP contribution is 2.68. The van der Waals surface area contributed by atoms with E-state index in [4.69, 9.17) is 0 Å². The number of fused-ring (bicyclic) bond motifs is 2. The van der Waals surface area contributed by atoms with Crippen molar-refractivity contribution in [1.82, 2.24) is 0 Å². The average Bonchev–Trinajstić information content (AvgIpc) is 3.37. The lowest BCUT2D eigenvalue weighted by Gasteiger charge is -2.32. The molecule has 25 heavy (non-hydrogen) atoms. The van der Waals surface area contributed by atoms with E-state index in [-0.39, 0.29) is 5.41 Å². The third kappa shape index (κ3) is 1.95. The zero-order valence-corrected chi connectivity index (χ0v) is 14.8. The molecule has 2 heteroatoms. The van der Waals surface area contributed by atoms with Gasteiger partial charge in [0.2, 0.25) is 0 Å². The molecule has 1 spiro atoms. The number of hydrogen-bond acceptors (Lipinski definition) is 2. The van der Waals surface area contributed by atoms with Gasteiger partial charge in [-0.25, -0.2) is 0 Å². The molecule has 2 aromatic rings. The molecule has 2 aliphatic rings. The quantitative estimate of drug-likeness (QED) is 0.729. The summed E-state index contributed by atoms with van der Waals surface area (Å²) in [5, 5.41) is 19.6. The predicted molar refractivity (Wildman–Crippen MR) is 99.0 cm³/mol. The Balaban J connectivity index is 2.02. The first-order chi connectivity index (χ1) is 12.1. The minimum Gasteiger partial charge on any atom is -0.192 e. The van der Waals surface area contributed by atoms with Crippen molar-refractivity contribution in [2.75, 3.05) is 0 Å². The summed E-state index contributed by atoms with van der Waals surface area (Å²) in [5.74, 6) is 0.763. The fraction of sp³-hybridized carbons (Fsp3) is 0.304. The highest BCUT2D eigenvalue weighted by Gasteiger charge is 2.61. The van der Waals surface area contributed by atoms with Crippen molar-refractivity contribution in [1.29, 1.82) is 10.5 Å². The molecule has 0 bridgehead atoms. The van der Waals surface area contributed by atoms with Crippen molar-refractivity contribution < 1.29 is 0 Å². The van der Waals surface area contributed by atoms with Crippen LogP contribution in [0.1, 0.15) is 58.2 Å². The van der Waals surface area contributed by atoms with Gasteiger partial charge in [-0.1, -0.05) is 49.4 Å². The van der Waals surface area contributed by atoms with E-state index >= 15 is 0 Å². The van der Waals surface area contributed by atoms with Crippen molar-refractivity contribution in [2.24, 2.45) is 5.92 Å². The van der Waals surface area contributed by atoms with Crippen molar-refractivity contribution in [3.05, 3.63) is 75.4 Å². The van der Waals surface area contributed by atoms with Crippen LogP contribution in [0.3, 0.4) is 0 Å². The molecule has 0 saturated heterocycles. The van der Waals surface area contributed by atoms with Gasteiger partial charge in [0.1, 0.15) is 6.07 Å². The average molecular weight is 324 g/mol. The van der Waals surface area contributed by atoms with Gasteiger partial charge in [0.05, 0.1) is 17.2 Å². The molecule has 0 aliphatic heterocycles. The summed E-state index contributed by atoms with van der Waals surface area (Å²) in [5.41, 5.74) is 6.75. The van der Waals surface area contributed by atoms with Gasteiger partial charge < -0.3 is 0 Å². The topological polar surface area (TPSA) is 47.6 Å². The maximum absolute atomic E-state index is 9.91. The van der Waals surface area contributed by atoms with E-state index < -0.39 is 0 Å². The zero-order chi connectivity index (χ0) is 17.8. The van der Waals surface area contributed by atoms with Crippen LogP contribution in [0.25, 0.3) is 6.08 Å². The van der Waals surface area contributed by atoms with Crippen LogP contribution in [0.5, 0.6) is 0 Å². The van der Waals surface area contributed by atoms with E-state index in [9.17, 15) is 10.5 Å². The van der Waals surface area contributed by atoms with Crippen LogP contribution in [0.4, 0.5) is 0 Å². The molecule has 0 aromatic heterocycles. The van der Waals surface area contributed by atoms with Crippen LogP contribution in [0.2, 0.25) is 0 Å². The Labute approximate surface area is 149 Å². The first kappa shape index (κ1) is 15.7. The summed E-state index contributed by atoms with van der Waals surface area (Å²) in [6.07, 6.45) is 5.33. The fourth-order valence-electron chi connectivity index (χ4n) is 4.76. The van der Waals surface area contributed by atoms with Crippen molar-refractivity contribution in [3.8, 4) is 12.1 Å². The molecule has 0 amide bonds. The van der Waals surface area contributed by atoms with Gasteiger partial charge in [-0.15, -0.1) is 0 Å². The van der Waals surface area contributed by atoms with Gasteiger partial charge in [0.25, 0.3) is 0 Å². The van der Waals surface area contributed by atoms with E-state index in [0.29, 0.717) is 11.8 Å². The van der Waals surface area contributed by atoms with Crippen LogP contribution in [0.15, 0.2) is 36.4 Å². The van der Waals surface area contributed by atoms with E-state index in [1.807, 2.05) is 19.9 Å². The third-order valence-electron chi connectivity index (χ3n) is 6.36. The normalized spacial score (nSPS) is 26.0. The van der Waals surface area contributed by atoms with Crippen LogP contribution >= 0.6 is 0 Å². The molecule has 2 unspecified atom stereocenters. The van der Waals surface area contributed by atoms with Gasteiger partial charge >= 0.3 is 0 Å². The van der Waals surface area contributed by atoms with Gasteiger partial charge in [0, 0.05) is 5.41 Å². The molecule has 2 nitrogen and oxygen atoms in total. The number of benzene rings is 2. The van der Waals surface area contributed by atoms with E-state index in [1.165, 1.54) is 5.56 Å². The molecule has 0 heterocycles. The Kier molecular flexibility index (Phi) is 3.34. The lowest BCUT2D eigenvalue weighted by Crippen LogP contribution is -2.25. The molecule has 122 valence electrons. The van der Waals surface area contributed by atoms with Crippen LogP contribution in [0, 0.1) is 42.4 Å². The van der Waals surface area contributed by atoms with E-state index in [0.717, 1.165) is 39.8 Å². The molecule has 3 atom stereocenters. The van der Waals surface area contributed by atoms with Gasteiger partial charge in [-0.2, -0.15) is 10.5 Å². The summed E-state index contributed by atoms with van der Waals surface area (Å²) < 4.78 is 0. The monoisotopic (exact) mass is 324 g/mol. The number of nitriles is 2. The second kappa shape index (κ2) is 5.33. The number of rotatable bonds is 1. The van der Waals surface area contributed by atoms with Crippen molar-refractivity contribution >= 4 is 6.08 Å². The molecule has 2 aromatic carbocycles. The molecule has 0 N–H and O–H groups in total. The lowest BCUT2D eigenvalue weighted by atomic mass is 9.70. The van der Waals surface area contributed by atoms with Gasteiger partial charge in [-0.05, 0) is 59.9 Å². The Bertz CT molecular complexity index is 986. The van der Waals surface area contributed by atoms with E-state index in [2.05, 4.69) is 55.5 Å². The first-order valence-corrected chi connectivity index (χ1v) is 8.77. The van der Waals surface area contributed by atoms with Crippen LogP contribution < -0.4 is 0 Å². The molecule has 1 saturated carbocycles. The summed E-state index contributed by atoms with van der Waals surface area (Å²) in [4.78, 5) is 0. The minimum absolute atomic E-state index is 0.0550. The summed E-state index contributed by atoms with van der Waals surface area (Å²) in [7, 11) is 0. The summed E-state index contributed by atoms with van der Waals surface area (Å²) >= 11 is 0.